The van der Waals surface area contributed by atoms with Crippen LogP contribution in [-0.4, -0.2) is 12.3 Å². The Balaban J connectivity index is 3.05. The third-order valence-electron chi connectivity index (χ3n) is 2.68. The van der Waals surface area contributed by atoms with E-state index in [2.05, 4.69) is 12.2 Å². The summed E-state index contributed by atoms with van der Waals surface area (Å²) in [6, 6.07) is 1.72. The molecule has 1 aromatic heterocycles. The molecule has 0 aromatic carbocycles. The summed E-state index contributed by atoms with van der Waals surface area (Å²) in [6.07, 6.45) is 3.16. The van der Waals surface area contributed by atoms with E-state index in [4.69, 9.17) is 4.42 Å². The van der Waals surface area contributed by atoms with Crippen LogP contribution in [0.3, 0.4) is 0 Å². The van der Waals surface area contributed by atoms with Crippen LogP contribution in [0, 0.1) is 6.92 Å². The van der Waals surface area contributed by atoms with Gasteiger partial charge in [-0.1, -0.05) is 20.3 Å². The molecular formula is C14H21NO3. The van der Waals surface area contributed by atoms with E-state index in [0.29, 0.717) is 17.9 Å². The van der Waals surface area contributed by atoms with E-state index in [1.54, 1.807) is 13.0 Å². The summed E-state index contributed by atoms with van der Waals surface area (Å²) in [6.45, 7) is 6.47. The van der Waals surface area contributed by atoms with E-state index >= 15 is 0 Å². The van der Waals surface area contributed by atoms with Gasteiger partial charge in [-0.2, -0.15) is 0 Å². The van der Waals surface area contributed by atoms with Crippen LogP contribution in [0.15, 0.2) is 15.3 Å². The second-order valence-electron chi connectivity index (χ2n) is 4.39. The minimum absolute atomic E-state index is 0.148. The molecule has 18 heavy (non-hydrogen) atoms. The molecular weight excluding hydrogens is 230 g/mol. The van der Waals surface area contributed by atoms with Crippen LogP contribution >= 0.6 is 0 Å². The fourth-order valence-corrected chi connectivity index (χ4v) is 1.77. The van der Waals surface area contributed by atoms with Gasteiger partial charge in [0.25, 0.3) is 0 Å². The number of ketones is 1. The zero-order valence-corrected chi connectivity index (χ0v) is 11.3. The van der Waals surface area contributed by atoms with Gasteiger partial charge in [0.1, 0.15) is 11.3 Å². The number of hydrogen-bond donors (Lipinski definition) is 1. The molecule has 0 saturated carbocycles. The first kappa shape index (κ1) is 14.5. The summed E-state index contributed by atoms with van der Waals surface area (Å²) in [5.41, 5.74) is 0.238. The predicted octanol–water partition coefficient (Wildman–Crippen LogP) is 3.14. The van der Waals surface area contributed by atoms with E-state index in [0.717, 1.165) is 25.8 Å². The van der Waals surface area contributed by atoms with Crippen LogP contribution in [0.1, 0.15) is 55.6 Å². The van der Waals surface area contributed by atoms with Gasteiger partial charge in [-0.25, -0.2) is 4.79 Å². The maximum atomic E-state index is 11.9. The molecule has 0 aliphatic heterocycles. The monoisotopic (exact) mass is 251 g/mol. The summed E-state index contributed by atoms with van der Waals surface area (Å²) in [5, 5.41) is 3.15. The molecule has 0 radical (unpaired) electrons. The van der Waals surface area contributed by atoms with Crippen LogP contribution < -0.4 is 10.9 Å². The molecule has 0 bridgehead atoms. The lowest BCUT2D eigenvalue weighted by Crippen LogP contribution is -2.18. The van der Waals surface area contributed by atoms with Crippen molar-refractivity contribution in [3.8, 4) is 0 Å². The normalized spacial score (nSPS) is 10.4. The number of hydrogen-bond acceptors (Lipinski definition) is 4. The molecule has 0 atom stereocenters. The minimum atomic E-state index is -0.535. The van der Waals surface area contributed by atoms with Gasteiger partial charge < -0.3 is 9.73 Å². The van der Waals surface area contributed by atoms with E-state index in [9.17, 15) is 9.59 Å². The first-order valence-corrected chi connectivity index (χ1v) is 6.52. The van der Waals surface area contributed by atoms with E-state index in [1.165, 1.54) is 0 Å². The van der Waals surface area contributed by atoms with Crippen LogP contribution in [0.5, 0.6) is 0 Å². The number of Topliss-reactive ketones (excluding diaryl/α,β-unsaturated/α-hetero) is 1. The Hall–Kier alpha value is -1.58. The lowest BCUT2D eigenvalue weighted by atomic mass is 10.1. The van der Waals surface area contributed by atoms with Gasteiger partial charge in [0.2, 0.25) is 0 Å². The van der Waals surface area contributed by atoms with Crippen LogP contribution in [-0.2, 0) is 0 Å². The first-order chi connectivity index (χ1) is 8.60. The highest BCUT2D eigenvalue weighted by Gasteiger charge is 2.17. The topological polar surface area (TPSA) is 59.3 Å². The summed E-state index contributed by atoms with van der Waals surface area (Å²) in [4.78, 5) is 23.7. The number of aryl methyl sites for hydroxylation is 1. The maximum absolute atomic E-state index is 11.9. The highest BCUT2D eigenvalue weighted by Crippen LogP contribution is 2.16. The number of anilines is 1. The van der Waals surface area contributed by atoms with Crippen molar-refractivity contribution in [3.63, 3.8) is 0 Å². The van der Waals surface area contributed by atoms with Crippen LogP contribution in [0.4, 0.5) is 5.69 Å². The SMILES string of the molecule is CCCCNc1cc(C)oc(=O)c1C(=O)CCC. The van der Waals surface area contributed by atoms with Gasteiger partial charge in [0, 0.05) is 19.0 Å². The van der Waals surface area contributed by atoms with E-state index in [-0.39, 0.29) is 11.3 Å². The molecule has 0 aliphatic rings. The van der Waals surface area contributed by atoms with Gasteiger partial charge in [-0.3, -0.25) is 4.79 Å². The lowest BCUT2D eigenvalue weighted by Gasteiger charge is -2.10. The van der Waals surface area contributed by atoms with E-state index < -0.39 is 5.63 Å². The maximum Gasteiger partial charge on any atom is 0.348 e. The Morgan fingerprint density at radius 2 is 2.06 bits per heavy atom. The lowest BCUT2D eigenvalue weighted by molar-refractivity contribution is 0.0978. The highest BCUT2D eigenvalue weighted by atomic mass is 16.4. The quantitative estimate of drug-likeness (QED) is 0.597. The number of unbranched alkanes of at least 4 members (excludes halogenated alkanes) is 1. The van der Waals surface area contributed by atoms with Crippen LogP contribution in [0.2, 0.25) is 0 Å². The third-order valence-corrected chi connectivity index (χ3v) is 2.68. The standard InChI is InChI=1S/C14H21NO3/c1-4-6-8-15-11-9-10(3)18-14(17)13(11)12(16)7-5-2/h9,15H,4-8H2,1-3H3. The number of carbonyl (C=O) groups is 1. The number of nitrogens with one attached hydrogen (secondary N) is 1. The molecule has 0 spiro atoms. The van der Waals surface area contributed by atoms with Gasteiger partial charge in [0.05, 0.1) is 5.69 Å². The van der Waals surface area contributed by atoms with Gasteiger partial charge >= 0.3 is 5.63 Å². The molecule has 0 aliphatic carbocycles. The Morgan fingerprint density at radius 1 is 1.33 bits per heavy atom. The van der Waals surface area contributed by atoms with Crippen LogP contribution in [0.25, 0.3) is 0 Å². The Labute approximate surface area is 107 Å². The zero-order chi connectivity index (χ0) is 13.5. The van der Waals surface area contributed by atoms with Gasteiger partial charge in [0.15, 0.2) is 5.78 Å². The highest BCUT2D eigenvalue weighted by molar-refractivity contribution is 6.00. The van der Waals surface area contributed by atoms with Gasteiger partial charge in [-0.15, -0.1) is 0 Å². The smallest absolute Gasteiger partial charge is 0.348 e. The molecule has 1 rings (SSSR count). The molecule has 0 fully saturated rings. The molecule has 4 heteroatoms. The Kier molecular flexibility index (Phi) is 5.62. The van der Waals surface area contributed by atoms with Crippen molar-refractivity contribution in [2.75, 3.05) is 11.9 Å². The summed E-state index contributed by atoms with van der Waals surface area (Å²) in [7, 11) is 0. The number of carbonyl (C=O) groups excluding carboxylic acids is 1. The molecule has 1 aromatic rings. The van der Waals surface area contributed by atoms with Crippen molar-refractivity contribution in [2.45, 2.75) is 46.5 Å². The van der Waals surface area contributed by atoms with E-state index in [1.807, 2.05) is 6.92 Å². The Bertz CT molecular complexity index is 463. The average molecular weight is 251 g/mol. The second kappa shape index (κ2) is 6.99. The molecule has 100 valence electrons. The zero-order valence-electron chi connectivity index (χ0n) is 11.3. The van der Waals surface area contributed by atoms with Crippen molar-refractivity contribution in [3.05, 3.63) is 27.8 Å². The van der Waals surface area contributed by atoms with Crippen molar-refractivity contribution in [2.24, 2.45) is 0 Å². The van der Waals surface area contributed by atoms with Crippen molar-refractivity contribution < 1.29 is 9.21 Å². The van der Waals surface area contributed by atoms with Crippen molar-refractivity contribution >= 4 is 11.5 Å². The Morgan fingerprint density at radius 3 is 2.67 bits per heavy atom. The average Bonchev–Trinajstić information content (AvgIpc) is 2.28. The predicted molar refractivity (Wildman–Crippen MR) is 72.4 cm³/mol. The molecule has 1 heterocycles. The summed E-state index contributed by atoms with van der Waals surface area (Å²) < 4.78 is 5.01. The summed E-state index contributed by atoms with van der Waals surface area (Å²) in [5.74, 6) is 0.372. The largest absolute Gasteiger partial charge is 0.428 e. The van der Waals surface area contributed by atoms with Crippen molar-refractivity contribution in [1.82, 2.24) is 0 Å². The van der Waals surface area contributed by atoms with Gasteiger partial charge in [-0.05, 0) is 19.8 Å². The minimum Gasteiger partial charge on any atom is -0.428 e. The molecule has 0 unspecified atom stereocenters. The first-order valence-electron chi connectivity index (χ1n) is 6.52. The number of rotatable bonds is 7. The summed E-state index contributed by atoms with van der Waals surface area (Å²) >= 11 is 0. The van der Waals surface area contributed by atoms with Crippen molar-refractivity contribution in [1.29, 1.82) is 0 Å². The second-order valence-corrected chi connectivity index (χ2v) is 4.39. The molecule has 1 N–H and O–H groups in total. The fraction of sp³-hybridized carbons (Fsp3) is 0.571. The third kappa shape index (κ3) is 3.72. The molecule has 0 saturated heterocycles. The molecule has 0 amide bonds. The fourth-order valence-electron chi connectivity index (χ4n) is 1.77. The molecule has 4 nitrogen and oxygen atoms in total.